The highest BCUT2D eigenvalue weighted by atomic mass is 35.5. The van der Waals surface area contributed by atoms with Crippen molar-refractivity contribution in [1.29, 1.82) is 0 Å². The first kappa shape index (κ1) is 18.2. The van der Waals surface area contributed by atoms with E-state index in [4.69, 9.17) is 11.6 Å². The normalized spacial score (nSPS) is 28.0. The van der Waals surface area contributed by atoms with E-state index in [2.05, 4.69) is 5.32 Å². The molecule has 0 bridgehead atoms. The highest BCUT2D eigenvalue weighted by Gasteiger charge is 2.46. The van der Waals surface area contributed by atoms with Gasteiger partial charge in [-0.1, -0.05) is 30.9 Å². The van der Waals surface area contributed by atoms with Crippen LogP contribution in [0, 0.1) is 0 Å². The molecule has 1 heterocycles. The summed E-state index contributed by atoms with van der Waals surface area (Å²) in [7, 11) is -7.09. The Bertz CT molecular complexity index is 784. The van der Waals surface area contributed by atoms with Crippen molar-refractivity contribution in [1.82, 2.24) is 5.32 Å². The largest absolute Gasteiger partial charge is 0.309 e. The van der Waals surface area contributed by atoms with Crippen LogP contribution < -0.4 is 5.32 Å². The number of benzene rings is 1. The third kappa shape index (κ3) is 3.95. The van der Waals surface area contributed by atoms with Crippen LogP contribution in [0.1, 0.15) is 32.1 Å². The Kier molecular flexibility index (Phi) is 5.25. The highest BCUT2D eigenvalue weighted by molar-refractivity contribution is 7.96. The Morgan fingerprint density at radius 1 is 1.00 bits per heavy atom. The molecular formula is C16H22ClNO4S2. The fraction of sp³-hybridized carbons (Fsp3) is 0.625. The topological polar surface area (TPSA) is 80.3 Å². The molecule has 2 aliphatic rings. The van der Waals surface area contributed by atoms with Crippen molar-refractivity contribution in [2.75, 3.05) is 11.5 Å². The molecular weight excluding hydrogens is 370 g/mol. The number of hydrogen-bond acceptors (Lipinski definition) is 5. The molecule has 5 nitrogen and oxygen atoms in total. The summed E-state index contributed by atoms with van der Waals surface area (Å²) in [6, 6.07) is 5.59. The van der Waals surface area contributed by atoms with Crippen LogP contribution in [0.25, 0.3) is 0 Å². The maximum absolute atomic E-state index is 12.9. The fourth-order valence-corrected chi connectivity index (χ4v) is 8.45. The molecule has 1 aliphatic heterocycles. The second-order valence-corrected chi connectivity index (χ2v) is 11.5. The SMILES string of the molecule is O=S1(=O)CC(NC2CCCCC2)C(S(=O)(=O)c2ccc(Cl)cc2)C1. The Hall–Kier alpha value is -0.630. The zero-order chi connectivity index (χ0) is 17.4. The average Bonchev–Trinajstić information content (AvgIpc) is 2.84. The quantitative estimate of drug-likeness (QED) is 0.851. The molecule has 2 fully saturated rings. The number of sulfone groups is 2. The number of hydrogen-bond donors (Lipinski definition) is 1. The molecule has 1 aromatic carbocycles. The summed E-state index contributed by atoms with van der Waals surface area (Å²) in [5, 5.41) is 2.84. The molecule has 1 saturated heterocycles. The van der Waals surface area contributed by atoms with Crippen molar-refractivity contribution >= 4 is 31.3 Å². The smallest absolute Gasteiger partial charge is 0.183 e. The predicted octanol–water partition coefficient (Wildman–Crippen LogP) is 2.20. The molecule has 8 heteroatoms. The van der Waals surface area contributed by atoms with Gasteiger partial charge in [0.05, 0.1) is 21.7 Å². The molecule has 0 spiro atoms. The fourth-order valence-electron chi connectivity index (χ4n) is 3.65. The van der Waals surface area contributed by atoms with E-state index in [0.717, 1.165) is 25.7 Å². The van der Waals surface area contributed by atoms with Gasteiger partial charge in [-0.25, -0.2) is 16.8 Å². The lowest BCUT2D eigenvalue weighted by Crippen LogP contribution is -2.48. The van der Waals surface area contributed by atoms with E-state index in [1.807, 2.05) is 0 Å². The maximum Gasteiger partial charge on any atom is 0.183 e. The minimum Gasteiger partial charge on any atom is -0.309 e. The van der Waals surface area contributed by atoms with Gasteiger partial charge in [-0.3, -0.25) is 0 Å². The first-order chi connectivity index (χ1) is 11.3. The summed E-state index contributed by atoms with van der Waals surface area (Å²) in [6.07, 6.45) is 5.35. The van der Waals surface area contributed by atoms with Crippen molar-refractivity contribution < 1.29 is 16.8 Å². The number of halogens is 1. The summed E-state index contributed by atoms with van der Waals surface area (Å²) in [5.41, 5.74) is 0. The molecule has 2 atom stereocenters. The Morgan fingerprint density at radius 2 is 1.62 bits per heavy atom. The first-order valence-corrected chi connectivity index (χ1v) is 12.0. The summed E-state index contributed by atoms with van der Waals surface area (Å²) in [6.45, 7) is 0. The van der Waals surface area contributed by atoms with E-state index in [0.29, 0.717) is 5.02 Å². The molecule has 134 valence electrons. The third-order valence-corrected chi connectivity index (χ3v) is 9.31. The molecule has 3 rings (SSSR count). The monoisotopic (exact) mass is 391 g/mol. The molecule has 24 heavy (non-hydrogen) atoms. The van der Waals surface area contributed by atoms with E-state index in [1.54, 1.807) is 0 Å². The summed E-state index contributed by atoms with van der Waals surface area (Å²) < 4.78 is 50.1. The second-order valence-electron chi connectivity index (χ2n) is 6.72. The lowest BCUT2D eigenvalue weighted by atomic mass is 9.95. The second kappa shape index (κ2) is 6.94. The van der Waals surface area contributed by atoms with Crippen molar-refractivity contribution in [2.24, 2.45) is 0 Å². The zero-order valence-corrected chi connectivity index (χ0v) is 15.7. The van der Waals surface area contributed by atoms with Gasteiger partial charge in [0.25, 0.3) is 0 Å². The molecule has 1 N–H and O–H groups in total. The van der Waals surface area contributed by atoms with E-state index in [9.17, 15) is 16.8 Å². The van der Waals surface area contributed by atoms with Crippen molar-refractivity contribution in [3.63, 3.8) is 0 Å². The van der Waals surface area contributed by atoms with Crippen LogP contribution in [-0.4, -0.2) is 45.7 Å². The molecule has 0 radical (unpaired) electrons. The predicted molar refractivity (Wildman–Crippen MR) is 94.9 cm³/mol. The van der Waals surface area contributed by atoms with Gasteiger partial charge in [0, 0.05) is 17.1 Å². The number of nitrogens with one attached hydrogen (secondary N) is 1. The van der Waals surface area contributed by atoms with E-state index in [-0.39, 0.29) is 22.4 Å². The van der Waals surface area contributed by atoms with Crippen LogP contribution in [0.5, 0.6) is 0 Å². The van der Waals surface area contributed by atoms with Crippen molar-refractivity contribution in [2.45, 2.75) is 54.3 Å². The van der Waals surface area contributed by atoms with Gasteiger partial charge in [-0.05, 0) is 37.1 Å². The lowest BCUT2D eigenvalue weighted by molar-refractivity contribution is 0.345. The Morgan fingerprint density at radius 3 is 2.25 bits per heavy atom. The summed E-state index contributed by atoms with van der Waals surface area (Å²) in [5.74, 6) is -0.427. The van der Waals surface area contributed by atoms with Crippen LogP contribution in [0.4, 0.5) is 0 Å². The molecule has 1 aromatic rings. The van der Waals surface area contributed by atoms with Crippen LogP contribution in [-0.2, 0) is 19.7 Å². The van der Waals surface area contributed by atoms with Crippen LogP contribution >= 0.6 is 11.6 Å². The van der Waals surface area contributed by atoms with Gasteiger partial charge < -0.3 is 5.32 Å². The van der Waals surface area contributed by atoms with Gasteiger partial charge >= 0.3 is 0 Å². The van der Waals surface area contributed by atoms with E-state index in [1.165, 1.54) is 30.7 Å². The molecule has 1 saturated carbocycles. The van der Waals surface area contributed by atoms with Gasteiger partial charge in [-0.15, -0.1) is 0 Å². The van der Waals surface area contributed by atoms with Crippen molar-refractivity contribution in [3.8, 4) is 0 Å². The van der Waals surface area contributed by atoms with Gasteiger partial charge in [0.1, 0.15) is 0 Å². The lowest BCUT2D eigenvalue weighted by Gasteiger charge is -2.28. The van der Waals surface area contributed by atoms with E-state index >= 15 is 0 Å². The Labute approximate surface area is 148 Å². The minimum atomic E-state index is -3.73. The van der Waals surface area contributed by atoms with Gasteiger partial charge in [0.15, 0.2) is 19.7 Å². The highest BCUT2D eigenvalue weighted by Crippen LogP contribution is 2.28. The minimum absolute atomic E-state index is 0.110. The van der Waals surface area contributed by atoms with Crippen LogP contribution in [0.2, 0.25) is 5.02 Å². The molecule has 1 aliphatic carbocycles. The standard InChI is InChI=1S/C16H22ClNO4S2/c17-12-6-8-14(9-7-12)24(21,22)16-11-23(19,20)10-15(16)18-13-4-2-1-3-5-13/h6-9,13,15-16,18H,1-5,10-11H2. The average molecular weight is 392 g/mol. The molecule has 2 unspecified atom stereocenters. The van der Waals surface area contributed by atoms with Crippen LogP contribution in [0.15, 0.2) is 29.2 Å². The summed E-state index contributed by atoms with van der Waals surface area (Å²) >= 11 is 5.82. The Balaban J connectivity index is 1.86. The van der Waals surface area contributed by atoms with Gasteiger partial charge in [0.2, 0.25) is 0 Å². The van der Waals surface area contributed by atoms with Crippen LogP contribution in [0.3, 0.4) is 0 Å². The zero-order valence-electron chi connectivity index (χ0n) is 13.3. The first-order valence-electron chi connectivity index (χ1n) is 8.24. The molecule has 0 amide bonds. The maximum atomic E-state index is 12.9. The third-order valence-electron chi connectivity index (χ3n) is 4.90. The summed E-state index contributed by atoms with van der Waals surface area (Å²) in [4.78, 5) is 0.129. The van der Waals surface area contributed by atoms with E-state index < -0.39 is 31.0 Å². The van der Waals surface area contributed by atoms with Crippen molar-refractivity contribution in [3.05, 3.63) is 29.3 Å². The molecule has 0 aromatic heterocycles. The number of rotatable bonds is 4. The van der Waals surface area contributed by atoms with Gasteiger partial charge in [-0.2, -0.15) is 0 Å².